The van der Waals surface area contributed by atoms with Crippen molar-refractivity contribution in [1.82, 2.24) is 9.80 Å². The molecule has 4 N–H and O–H groups in total. The predicted molar refractivity (Wildman–Crippen MR) is 83.3 cm³/mol. The number of amides is 2. The van der Waals surface area contributed by atoms with Gasteiger partial charge in [-0.3, -0.25) is 14.5 Å². The summed E-state index contributed by atoms with van der Waals surface area (Å²) in [6, 6.07) is 7.38. The number of benzene rings is 1. The zero-order chi connectivity index (χ0) is 15.8. The lowest BCUT2D eigenvalue weighted by atomic mass is 10.2. The van der Waals surface area contributed by atoms with Crippen molar-refractivity contribution in [1.29, 1.82) is 0 Å². The molecule has 0 saturated carbocycles. The quantitative estimate of drug-likeness (QED) is 0.679. The van der Waals surface area contributed by atoms with Crippen molar-refractivity contribution < 1.29 is 9.59 Å². The van der Waals surface area contributed by atoms with Crippen molar-refractivity contribution in [3.63, 3.8) is 0 Å². The molecule has 6 nitrogen and oxygen atoms in total. The Bertz CT molecular complexity index is 486. The highest BCUT2D eigenvalue weighted by Gasteiger charge is 2.17. The standard InChI is InChI=1S/C15H24N4O2/c1-3-19(4-2)15(21)11-18(10-14(17)20)9-12-6-5-7-13(16)8-12/h5-8H,3-4,9-11,16H2,1-2H3,(H2,17,20). The third-order valence-electron chi connectivity index (χ3n) is 3.21. The normalized spacial score (nSPS) is 10.6. The van der Waals surface area contributed by atoms with Crippen LogP contribution in [0.5, 0.6) is 0 Å². The molecule has 0 fully saturated rings. The summed E-state index contributed by atoms with van der Waals surface area (Å²) in [6.07, 6.45) is 0. The maximum atomic E-state index is 12.2. The minimum absolute atomic E-state index is 0.00912. The molecule has 0 aliphatic heterocycles. The van der Waals surface area contributed by atoms with Gasteiger partial charge in [0.15, 0.2) is 0 Å². The van der Waals surface area contributed by atoms with Gasteiger partial charge in [0.05, 0.1) is 13.1 Å². The molecule has 0 saturated heterocycles. The Morgan fingerprint density at radius 3 is 2.33 bits per heavy atom. The number of carbonyl (C=O) groups excluding carboxylic acids is 2. The Labute approximate surface area is 125 Å². The maximum Gasteiger partial charge on any atom is 0.236 e. The lowest BCUT2D eigenvalue weighted by molar-refractivity contribution is -0.132. The molecule has 116 valence electrons. The molecule has 1 rings (SSSR count). The van der Waals surface area contributed by atoms with Crippen LogP contribution in [0.1, 0.15) is 19.4 Å². The van der Waals surface area contributed by atoms with E-state index in [1.54, 1.807) is 15.9 Å². The molecule has 0 radical (unpaired) electrons. The van der Waals surface area contributed by atoms with Gasteiger partial charge >= 0.3 is 0 Å². The van der Waals surface area contributed by atoms with Crippen molar-refractivity contribution in [2.45, 2.75) is 20.4 Å². The second kappa shape index (κ2) is 8.26. The average molecular weight is 292 g/mol. The monoisotopic (exact) mass is 292 g/mol. The number of anilines is 1. The number of likely N-dealkylation sites (N-methyl/N-ethyl adjacent to an activating group) is 1. The van der Waals surface area contributed by atoms with E-state index in [0.717, 1.165) is 5.56 Å². The van der Waals surface area contributed by atoms with Gasteiger partial charge in [0.2, 0.25) is 11.8 Å². The minimum atomic E-state index is -0.453. The number of hydrogen-bond acceptors (Lipinski definition) is 4. The van der Waals surface area contributed by atoms with Gasteiger partial charge < -0.3 is 16.4 Å². The number of rotatable bonds is 8. The molecular formula is C15H24N4O2. The Morgan fingerprint density at radius 2 is 1.81 bits per heavy atom. The lowest BCUT2D eigenvalue weighted by Gasteiger charge is -2.25. The molecule has 0 aromatic heterocycles. The zero-order valence-electron chi connectivity index (χ0n) is 12.7. The Balaban J connectivity index is 2.76. The molecular weight excluding hydrogens is 268 g/mol. The molecule has 0 bridgehead atoms. The van der Waals surface area contributed by atoms with Crippen molar-refractivity contribution in [3.05, 3.63) is 29.8 Å². The van der Waals surface area contributed by atoms with Crippen LogP contribution in [0, 0.1) is 0 Å². The van der Waals surface area contributed by atoms with E-state index in [0.29, 0.717) is 25.3 Å². The van der Waals surface area contributed by atoms with Gasteiger partial charge in [-0.25, -0.2) is 0 Å². The van der Waals surface area contributed by atoms with Gasteiger partial charge in [-0.05, 0) is 31.5 Å². The molecule has 0 spiro atoms. The second-order valence-electron chi connectivity index (χ2n) is 4.92. The van der Waals surface area contributed by atoms with Crippen LogP contribution in [0.2, 0.25) is 0 Å². The fourth-order valence-electron chi connectivity index (χ4n) is 2.21. The highest BCUT2D eigenvalue weighted by atomic mass is 16.2. The van der Waals surface area contributed by atoms with Crippen molar-refractivity contribution >= 4 is 17.5 Å². The molecule has 1 aromatic rings. The van der Waals surface area contributed by atoms with Gasteiger partial charge in [-0.15, -0.1) is 0 Å². The highest BCUT2D eigenvalue weighted by molar-refractivity contribution is 5.80. The molecule has 0 aliphatic carbocycles. The van der Waals surface area contributed by atoms with Crippen molar-refractivity contribution in [2.75, 3.05) is 31.9 Å². The molecule has 0 aliphatic rings. The van der Waals surface area contributed by atoms with Crippen LogP contribution in [0.3, 0.4) is 0 Å². The fraction of sp³-hybridized carbons (Fsp3) is 0.467. The van der Waals surface area contributed by atoms with Gasteiger partial charge in [0.1, 0.15) is 0 Å². The number of nitrogens with zero attached hydrogens (tertiary/aromatic N) is 2. The van der Waals surface area contributed by atoms with E-state index in [1.807, 2.05) is 32.0 Å². The van der Waals surface area contributed by atoms with Gasteiger partial charge in [-0.2, -0.15) is 0 Å². The number of nitrogens with two attached hydrogens (primary N) is 2. The number of carbonyl (C=O) groups is 2. The van der Waals surface area contributed by atoms with E-state index in [1.165, 1.54) is 0 Å². The van der Waals surface area contributed by atoms with Gasteiger partial charge in [0.25, 0.3) is 0 Å². The minimum Gasteiger partial charge on any atom is -0.399 e. The first kappa shape index (κ1) is 17.0. The summed E-state index contributed by atoms with van der Waals surface area (Å²) in [6.45, 7) is 5.83. The first-order valence-corrected chi connectivity index (χ1v) is 7.09. The molecule has 6 heteroatoms. The SMILES string of the molecule is CCN(CC)C(=O)CN(CC(N)=O)Cc1cccc(N)c1. The third-order valence-corrected chi connectivity index (χ3v) is 3.21. The Hall–Kier alpha value is -2.08. The summed E-state index contributed by atoms with van der Waals surface area (Å²) in [7, 11) is 0. The van der Waals surface area contributed by atoms with Crippen LogP contribution < -0.4 is 11.5 Å². The van der Waals surface area contributed by atoms with E-state index < -0.39 is 5.91 Å². The molecule has 1 aromatic carbocycles. The van der Waals surface area contributed by atoms with Crippen LogP contribution in [0.15, 0.2) is 24.3 Å². The molecule has 2 amide bonds. The van der Waals surface area contributed by atoms with E-state index in [-0.39, 0.29) is 19.0 Å². The third kappa shape index (κ3) is 5.83. The summed E-state index contributed by atoms with van der Waals surface area (Å²) < 4.78 is 0. The van der Waals surface area contributed by atoms with E-state index >= 15 is 0 Å². The van der Waals surface area contributed by atoms with Gasteiger partial charge in [0, 0.05) is 25.3 Å². The Kier molecular flexibility index (Phi) is 6.68. The van der Waals surface area contributed by atoms with Crippen LogP contribution in [-0.2, 0) is 16.1 Å². The summed E-state index contributed by atoms with van der Waals surface area (Å²) in [5.41, 5.74) is 12.6. The number of hydrogen-bond donors (Lipinski definition) is 2. The maximum absolute atomic E-state index is 12.2. The topological polar surface area (TPSA) is 92.7 Å². The summed E-state index contributed by atoms with van der Waals surface area (Å²) in [4.78, 5) is 26.8. The van der Waals surface area contributed by atoms with Crippen LogP contribution in [0.4, 0.5) is 5.69 Å². The smallest absolute Gasteiger partial charge is 0.236 e. The average Bonchev–Trinajstić information content (AvgIpc) is 2.39. The largest absolute Gasteiger partial charge is 0.399 e. The first-order valence-electron chi connectivity index (χ1n) is 7.09. The lowest BCUT2D eigenvalue weighted by Crippen LogP contribution is -2.43. The summed E-state index contributed by atoms with van der Waals surface area (Å²) >= 11 is 0. The van der Waals surface area contributed by atoms with Crippen LogP contribution in [-0.4, -0.2) is 47.8 Å². The van der Waals surface area contributed by atoms with Crippen molar-refractivity contribution in [2.24, 2.45) is 5.73 Å². The van der Waals surface area contributed by atoms with Crippen LogP contribution >= 0.6 is 0 Å². The zero-order valence-corrected chi connectivity index (χ0v) is 12.7. The molecule has 21 heavy (non-hydrogen) atoms. The predicted octanol–water partition coefficient (Wildman–Crippen LogP) is 0.425. The first-order chi connectivity index (χ1) is 9.96. The number of primary amides is 1. The second-order valence-corrected chi connectivity index (χ2v) is 4.92. The number of nitrogen functional groups attached to an aromatic ring is 1. The fourth-order valence-corrected chi connectivity index (χ4v) is 2.21. The van der Waals surface area contributed by atoms with E-state index in [4.69, 9.17) is 11.5 Å². The molecule has 0 heterocycles. The van der Waals surface area contributed by atoms with Crippen LogP contribution in [0.25, 0.3) is 0 Å². The Morgan fingerprint density at radius 1 is 1.14 bits per heavy atom. The summed E-state index contributed by atoms with van der Waals surface area (Å²) in [5.74, 6) is -0.462. The van der Waals surface area contributed by atoms with E-state index in [9.17, 15) is 9.59 Å². The molecule has 0 atom stereocenters. The highest BCUT2D eigenvalue weighted by Crippen LogP contribution is 2.09. The molecule has 0 unspecified atom stereocenters. The summed E-state index contributed by atoms with van der Waals surface area (Å²) in [5, 5.41) is 0. The van der Waals surface area contributed by atoms with Gasteiger partial charge in [-0.1, -0.05) is 12.1 Å². The van der Waals surface area contributed by atoms with Crippen molar-refractivity contribution in [3.8, 4) is 0 Å². The van der Waals surface area contributed by atoms with E-state index in [2.05, 4.69) is 0 Å².